The van der Waals surface area contributed by atoms with Crippen LogP contribution >= 0.6 is 0 Å². The summed E-state index contributed by atoms with van der Waals surface area (Å²) in [6.07, 6.45) is 2.07. The number of urea groups is 1. The lowest BCUT2D eigenvalue weighted by Crippen LogP contribution is -2.41. The molecule has 0 aliphatic rings. The van der Waals surface area contributed by atoms with Gasteiger partial charge in [0.15, 0.2) is 12.4 Å². The first-order valence-corrected chi connectivity index (χ1v) is 8.20. The minimum atomic E-state index is -0.825. The highest BCUT2D eigenvalue weighted by molar-refractivity contribution is 6.07. The van der Waals surface area contributed by atoms with Gasteiger partial charge in [0.25, 0.3) is 11.8 Å². The number of para-hydroxylation sites is 1. The van der Waals surface area contributed by atoms with Crippen LogP contribution in [0.2, 0.25) is 0 Å². The molecule has 0 saturated carbocycles. The van der Waals surface area contributed by atoms with Crippen molar-refractivity contribution in [3.63, 3.8) is 0 Å². The van der Waals surface area contributed by atoms with E-state index < -0.39 is 30.4 Å². The topological polar surface area (TPSA) is 127 Å². The van der Waals surface area contributed by atoms with Crippen LogP contribution in [0.4, 0.5) is 10.5 Å². The van der Waals surface area contributed by atoms with E-state index in [2.05, 4.69) is 10.6 Å². The molecule has 0 spiro atoms. The number of imide groups is 1. The summed E-state index contributed by atoms with van der Waals surface area (Å²) in [5, 5.41) is 7.04. The number of benzene rings is 1. The van der Waals surface area contributed by atoms with Crippen molar-refractivity contribution in [3.8, 4) is 0 Å². The van der Waals surface area contributed by atoms with Gasteiger partial charge in [0, 0.05) is 6.54 Å². The van der Waals surface area contributed by atoms with E-state index in [0.717, 1.165) is 6.42 Å². The molecule has 1 heterocycles. The van der Waals surface area contributed by atoms with Gasteiger partial charge in [-0.25, -0.2) is 9.59 Å². The van der Waals surface area contributed by atoms with Crippen molar-refractivity contribution in [1.29, 1.82) is 0 Å². The third-order valence-corrected chi connectivity index (χ3v) is 3.26. The molecule has 1 aromatic carbocycles. The molecule has 0 atom stereocenters. The third kappa shape index (κ3) is 5.99. The second-order valence-corrected chi connectivity index (χ2v) is 5.36. The highest BCUT2D eigenvalue weighted by Crippen LogP contribution is 2.17. The van der Waals surface area contributed by atoms with Gasteiger partial charge in [0.1, 0.15) is 0 Å². The largest absolute Gasteiger partial charge is 0.459 e. The molecule has 0 aliphatic heterocycles. The average Bonchev–Trinajstić information content (AvgIpc) is 3.20. The van der Waals surface area contributed by atoms with Crippen LogP contribution in [0, 0.1) is 0 Å². The summed E-state index contributed by atoms with van der Waals surface area (Å²) in [6, 6.07) is 8.52. The molecule has 27 heavy (non-hydrogen) atoms. The fourth-order valence-corrected chi connectivity index (χ4v) is 2.02. The van der Waals surface area contributed by atoms with Crippen molar-refractivity contribution in [2.75, 3.05) is 18.5 Å². The number of hydrogen-bond acceptors (Lipinski definition) is 6. The highest BCUT2D eigenvalue weighted by Gasteiger charge is 2.18. The van der Waals surface area contributed by atoms with Gasteiger partial charge in [-0.3, -0.25) is 14.9 Å². The number of rotatable bonds is 7. The molecule has 4 amide bonds. The van der Waals surface area contributed by atoms with Gasteiger partial charge in [-0.15, -0.1) is 0 Å². The summed E-state index contributed by atoms with van der Waals surface area (Å²) in [5.74, 6) is -2.05. The van der Waals surface area contributed by atoms with Crippen molar-refractivity contribution >= 4 is 29.5 Å². The molecule has 0 saturated heterocycles. The van der Waals surface area contributed by atoms with Crippen LogP contribution in [0.25, 0.3) is 0 Å². The Kier molecular flexibility index (Phi) is 7.12. The maximum Gasteiger partial charge on any atom is 0.340 e. The van der Waals surface area contributed by atoms with Crippen molar-refractivity contribution in [3.05, 3.63) is 54.0 Å². The van der Waals surface area contributed by atoms with E-state index in [0.29, 0.717) is 6.54 Å². The monoisotopic (exact) mass is 373 g/mol. The van der Waals surface area contributed by atoms with Gasteiger partial charge >= 0.3 is 12.0 Å². The normalized spacial score (nSPS) is 9.96. The van der Waals surface area contributed by atoms with Crippen molar-refractivity contribution in [1.82, 2.24) is 10.6 Å². The van der Waals surface area contributed by atoms with Crippen LogP contribution in [0.1, 0.15) is 34.3 Å². The number of carbonyl (C=O) groups is 4. The maximum absolute atomic E-state index is 12.2. The first-order valence-electron chi connectivity index (χ1n) is 8.20. The van der Waals surface area contributed by atoms with E-state index in [9.17, 15) is 19.2 Å². The number of amides is 4. The Morgan fingerprint density at radius 3 is 2.56 bits per heavy atom. The Morgan fingerprint density at radius 2 is 1.85 bits per heavy atom. The van der Waals surface area contributed by atoms with Gasteiger partial charge < -0.3 is 19.8 Å². The quantitative estimate of drug-likeness (QED) is 0.637. The first kappa shape index (κ1) is 19.7. The van der Waals surface area contributed by atoms with Gasteiger partial charge in [0.05, 0.1) is 17.5 Å². The number of anilines is 1. The Balaban J connectivity index is 1.93. The number of ether oxygens (including phenoxy) is 1. The zero-order valence-electron chi connectivity index (χ0n) is 14.6. The summed E-state index contributed by atoms with van der Waals surface area (Å²) in [4.78, 5) is 47.3. The molecule has 0 unspecified atom stereocenters. The second kappa shape index (κ2) is 9.76. The molecule has 3 N–H and O–H groups in total. The van der Waals surface area contributed by atoms with Crippen molar-refractivity contribution in [2.24, 2.45) is 0 Å². The molecule has 0 aliphatic carbocycles. The number of esters is 1. The molecular weight excluding hydrogens is 354 g/mol. The van der Waals surface area contributed by atoms with E-state index in [1.807, 2.05) is 12.2 Å². The van der Waals surface area contributed by atoms with E-state index in [1.165, 1.54) is 24.5 Å². The lowest BCUT2D eigenvalue weighted by Gasteiger charge is -2.10. The maximum atomic E-state index is 12.2. The summed E-state index contributed by atoms with van der Waals surface area (Å²) < 4.78 is 9.90. The van der Waals surface area contributed by atoms with Gasteiger partial charge in [-0.05, 0) is 30.7 Å². The van der Waals surface area contributed by atoms with Gasteiger partial charge in [-0.2, -0.15) is 0 Å². The molecule has 9 heteroatoms. The predicted octanol–water partition coefficient (Wildman–Crippen LogP) is 1.92. The van der Waals surface area contributed by atoms with E-state index in [-0.39, 0.29) is 17.0 Å². The molecular formula is C18H19N3O6. The first-order chi connectivity index (χ1) is 13.0. The zero-order valence-corrected chi connectivity index (χ0v) is 14.6. The third-order valence-electron chi connectivity index (χ3n) is 3.26. The molecule has 9 nitrogen and oxygen atoms in total. The standard InChI is InChI=1S/C18H19N3O6/c1-2-9-19-18(25)21-15(22)11-27-17(24)12-6-3-4-7-13(12)20-16(23)14-8-5-10-26-14/h3-8,10H,2,9,11H2,1H3,(H,20,23)(H2,19,21,22,25). The van der Waals surface area contributed by atoms with Gasteiger partial charge in [-0.1, -0.05) is 19.1 Å². The number of hydrogen-bond donors (Lipinski definition) is 3. The summed E-state index contributed by atoms with van der Waals surface area (Å²) in [7, 11) is 0. The lowest BCUT2D eigenvalue weighted by atomic mass is 10.1. The Bertz CT molecular complexity index is 816. The minimum Gasteiger partial charge on any atom is -0.459 e. The molecule has 142 valence electrons. The molecule has 1 aromatic heterocycles. The van der Waals surface area contributed by atoms with Crippen LogP contribution in [-0.2, 0) is 9.53 Å². The minimum absolute atomic E-state index is 0.0561. The number of nitrogens with one attached hydrogen (secondary N) is 3. The molecule has 0 fully saturated rings. The van der Waals surface area contributed by atoms with Crippen LogP contribution in [0.5, 0.6) is 0 Å². The fraction of sp³-hybridized carbons (Fsp3) is 0.222. The average molecular weight is 373 g/mol. The molecule has 0 bridgehead atoms. The van der Waals surface area contributed by atoms with Gasteiger partial charge in [0.2, 0.25) is 0 Å². The smallest absolute Gasteiger partial charge is 0.340 e. The van der Waals surface area contributed by atoms with Crippen LogP contribution < -0.4 is 16.0 Å². The summed E-state index contributed by atoms with van der Waals surface area (Å²) >= 11 is 0. The van der Waals surface area contributed by atoms with Crippen molar-refractivity contribution in [2.45, 2.75) is 13.3 Å². The van der Waals surface area contributed by atoms with Crippen molar-refractivity contribution < 1.29 is 28.3 Å². The van der Waals surface area contributed by atoms with E-state index in [1.54, 1.807) is 18.2 Å². The Hall–Kier alpha value is -3.62. The lowest BCUT2D eigenvalue weighted by molar-refractivity contribution is -0.123. The molecule has 2 aromatic rings. The number of furan rings is 1. The summed E-state index contributed by atoms with van der Waals surface area (Å²) in [6.45, 7) is 1.65. The predicted molar refractivity (Wildman–Crippen MR) is 95.2 cm³/mol. The van der Waals surface area contributed by atoms with Crippen LogP contribution in [-0.4, -0.2) is 37.0 Å². The highest BCUT2D eigenvalue weighted by atomic mass is 16.5. The zero-order chi connectivity index (χ0) is 19.6. The van der Waals surface area contributed by atoms with E-state index >= 15 is 0 Å². The second-order valence-electron chi connectivity index (χ2n) is 5.36. The van der Waals surface area contributed by atoms with E-state index in [4.69, 9.17) is 9.15 Å². The summed E-state index contributed by atoms with van der Waals surface area (Å²) in [5.41, 5.74) is 0.255. The Labute approximate surface area is 155 Å². The van der Waals surface area contributed by atoms with Crippen LogP contribution in [0.3, 0.4) is 0 Å². The van der Waals surface area contributed by atoms with Crippen LogP contribution in [0.15, 0.2) is 47.1 Å². The molecule has 2 rings (SSSR count). The Morgan fingerprint density at radius 1 is 1.07 bits per heavy atom. The SMILES string of the molecule is CCCNC(=O)NC(=O)COC(=O)c1ccccc1NC(=O)c1ccco1. The number of carbonyl (C=O) groups excluding carboxylic acids is 4. The molecule has 0 radical (unpaired) electrons. The fourth-order valence-electron chi connectivity index (χ4n) is 2.02.